The van der Waals surface area contributed by atoms with Crippen LogP contribution in [0.1, 0.15) is 0 Å². The predicted octanol–water partition coefficient (Wildman–Crippen LogP) is 1.64. The third-order valence-electron chi connectivity index (χ3n) is 0. The highest BCUT2D eigenvalue weighted by Gasteiger charge is 0.957. The second-order valence-corrected chi connectivity index (χ2v) is 0. The van der Waals surface area contributed by atoms with Crippen LogP contribution in [0, 0.1) is 0 Å². The molecular weight excluding hydrogens is 119 g/mol. The number of halogens is 4. The molecule has 0 spiro atoms. The smallest absolute Gasteiger partial charge is 0.0360 e. The van der Waals surface area contributed by atoms with Gasteiger partial charge in [0.05, 0.1) is 0 Å². The molecule has 0 aromatic rings. The van der Waals surface area contributed by atoms with E-state index in [1.54, 1.807) is 6.66 Å². The molecule has 0 saturated heterocycles. The lowest BCUT2D eigenvalue weighted by atomic mass is 12.0. The molecule has 0 aliphatic heterocycles. The van der Waals surface area contributed by atoms with E-state index in [2.05, 4.69) is 9.24 Å². The van der Waals surface area contributed by atoms with Gasteiger partial charge in [0.2, 0.25) is 0 Å². The van der Waals surface area contributed by atoms with E-state index in [0.717, 1.165) is 0 Å². The van der Waals surface area contributed by atoms with Crippen LogP contribution < -0.4 is 0 Å². The van der Waals surface area contributed by atoms with Gasteiger partial charge in [-0.1, -0.05) is 0 Å². The highest BCUT2D eigenvalue weighted by atomic mass is 31.0. The first-order valence-electron chi connectivity index (χ1n) is 0.447. The van der Waals surface area contributed by atoms with Gasteiger partial charge in [-0.05, 0) is 15.9 Å². The van der Waals surface area contributed by atoms with E-state index in [1.165, 1.54) is 0 Å². The maximum atomic E-state index is 3.53. The zero-order valence-electron chi connectivity index (χ0n) is 3.08. The molecule has 2 radical (unpaired) electrons. The average Bonchev–Trinajstić information content (AvgIpc) is 1.00. The Kier molecular flexibility index (Phi) is 81000. The highest BCUT2D eigenvalue weighted by molar-refractivity contribution is 7.15. The van der Waals surface area contributed by atoms with E-state index in [4.69, 9.17) is 0 Å². The van der Waals surface area contributed by atoms with Crippen LogP contribution in [0.4, 0.5) is 18.8 Å². The monoisotopic (exact) mass is 126 g/mol. The largest absolute Gasteiger partial charge is 0.269 e. The standard InChI is InChI=1S/CH3P.4FH/c1-2;;;;/h1H3;4*1H. The minimum atomic E-state index is 0. The van der Waals surface area contributed by atoms with Crippen molar-refractivity contribution in [3.8, 4) is 0 Å². The summed E-state index contributed by atoms with van der Waals surface area (Å²) in [4.78, 5) is 0. The van der Waals surface area contributed by atoms with Crippen LogP contribution in [0.15, 0.2) is 0 Å². The van der Waals surface area contributed by atoms with E-state index >= 15 is 0 Å². The maximum Gasteiger partial charge on any atom is -0.0360 e. The maximum absolute atomic E-state index is 3.53. The molecule has 0 saturated carbocycles. The molecule has 0 heterocycles. The second-order valence-electron chi connectivity index (χ2n) is 0. The van der Waals surface area contributed by atoms with Crippen molar-refractivity contribution in [2.24, 2.45) is 0 Å². The quantitative estimate of drug-likeness (QED) is 0.342. The van der Waals surface area contributed by atoms with Crippen molar-refractivity contribution in [2.75, 3.05) is 6.66 Å². The van der Waals surface area contributed by atoms with Crippen molar-refractivity contribution in [1.82, 2.24) is 0 Å². The van der Waals surface area contributed by atoms with Crippen LogP contribution in [0.5, 0.6) is 0 Å². The molecule has 0 bridgehead atoms. The molecule has 0 amide bonds. The molecule has 5 heteroatoms. The third kappa shape index (κ3) is 1830. The molecule has 0 aliphatic carbocycles. The van der Waals surface area contributed by atoms with Crippen LogP contribution >= 0.6 is 9.24 Å². The molecule has 0 fully saturated rings. The average molecular weight is 126 g/mol. The van der Waals surface area contributed by atoms with Crippen molar-refractivity contribution in [3.05, 3.63) is 0 Å². The molecule has 0 aromatic carbocycles. The summed E-state index contributed by atoms with van der Waals surface area (Å²) in [6.07, 6.45) is 0. The van der Waals surface area contributed by atoms with Gasteiger partial charge in [0.25, 0.3) is 0 Å². The molecule has 0 atom stereocenters. The normalized spacial score (nSPS) is 1.00. The van der Waals surface area contributed by atoms with Crippen LogP contribution in [0.25, 0.3) is 0 Å². The van der Waals surface area contributed by atoms with Gasteiger partial charge in [0.15, 0.2) is 0 Å². The van der Waals surface area contributed by atoms with Crippen LogP contribution in [-0.4, -0.2) is 6.66 Å². The molecule has 0 N–H and O–H groups in total. The van der Waals surface area contributed by atoms with E-state index in [9.17, 15) is 0 Å². The number of rotatable bonds is 0. The fourth-order valence-electron chi connectivity index (χ4n) is 0. The Morgan fingerprint density at radius 1 is 0.667 bits per heavy atom. The first kappa shape index (κ1) is 123. The lowest BCUT2D eigenvalue weighted by Crippen LogP contribution is -0.804. The van der Waals surface area contributed by atoms with Gasteiger partial charge in [-0.25, -0.2) is 0 Å². The molecule has 0 nitrogen and oxygen atoms in total. The molecule has 0 rings (SSSR count). The predicted molar refractivity (Wildman–Crippen MR) is 22.9 cm³/mol. The molecule has 0 aromatic heterocycles. The summed E-state index contributed by atoms with van der Waals surface area (Å²) in [7, 11) is 3.53. The van der Waals surface area contributed by atoms with Gasteiger partial charge in [-0.2, -0.15) is 0 Å². The zero-order valence-corrected chi connectivity index (χ0v) is 3.97. The number of hydrogen-bond donors (Lipinski definition) is 0. The van der Waals surface area contributed by atoms with E-state index in [-0.39, 0.29) is 18.8 Å². The summed E-state index contributed by atoms with van der Waals surface area (Å²) in [5, 5.41) is 0. The first-order valence-corrected chi connectivity index (χ1v) is 1.34. The van der Waals surface area contributed by atoms with Gasteiger partial charge in [-0.3, -0.25) is 18.8 Å². The van der Waals surface area contributed by atoms with Gasteiger partial charge in [0, 0.05) is 0 Å². The fourth-order valence-corrected chi connectivity index (χ4v) is 0. The Morgan fingerprint density at radius 2 is 0.667 bits per heavy atom. The Balaban J connectivity index is -0.000000000833. The Bertz CT molecular complexity index is 7.51. The zero-order chi connectivity index (χ0) is 2.00. The van der Waals surface area contributed by atoms with Crippen LogP contribution in [0.3, 0.4) is 0 Å². The molecule has 44 valence electrons. The number of hydrogen-bond acceptors (Lipinski definition) is 0. The van der Waals surface area contributed by atoms with Crippen molar-refractivity contribution >= 4 is 9.24 Å². The van der Waals surface area contributed by atoms with Crippen LogP contribution in [-0.2, 0) is 0 Å². The molecule has 0 aliphatic rings. The van der Waals surface area contributed by atoms with Crippen molar-refractivity contribution in [3.63, 3.8) is 0 Å². The second kappa shape index (κ2) is 3940. The lowest BCUT2D eigenvalue weighted by Gasteiger charge is -1.04. The summed E-state index contributed by atoms with van der Waals surface area (Å²) in [5.74, 6) is 0. The first-order chi connectivity index (χ1) is 1.00. The van der Waals surface area contributed by atoms with Gasteiger partial charge >= 0.3 is 0 Å². The summed E-state index contributed by atoms with van der Waals surface area (Å²) < 4.78 is 0. The molecule has 6 heavy (non-hydrogen) atoms. The summed E-state index contributed by atoms with van der Waals surface area (Å²) in [6.45, 7) is 1.69. The minimum absolute atomic E-state index is 0. The van der Waals surface area contributed by atoms with Crippen LogP contribution in [0.2, 0.25) is 0 Å². The van der Waals surface area contributed by atoms with Crippen molar-refractivity contribution in [1.29, 1.82) is 0 Å². The van der Waals surface area contributed by atoms with E-state index in [1.807, 2.05) is 0 Å². The summed E-state index contributed by atoms with van der Waals surface area (Å²) in [6, 6.07) is 0. The third-order valence-corrected chi connectivity index (χ3v) is 0. The van der Waals surface area contributed by atoms with Crippen molar-refractivity contribution < 1.29 is 18.8 Å². The fraction of sp³-hybridized carbons (Fsp3) is 1.00. The summed E-state index contributed by atoms with van der Waals surface area (Å²) in [5.41, 5.74) is 0. The minimum Gasteiger partial charge on any atom is -0.269 e. The Morgan fingerprint density at radius 3 is 0.667 bits per heavy atom. The molecular formula is CH7F4P. The Hall–Kier alpha value is 0.150. The van der Waals surface area contributed by atoms with E-state index in [0.29, 0.717) is 0 Å². The lowest BCUT2D eigenvalue weighted by molar-refractivity contribution is 1.11. The van der Waals surface area contributed by atoms with Crippen molar-refractivity contribution in [2.45, 2.75) is 0 Å². The SMILES string of the molecule is C[P].F.F.F.F. The highest BCUT2D eigenvalue weighted by Crippen LogP contribution is 1.46. The molecule has 0 unspecified atom stereocenters. The van der Waals surface area contributed by atoms with Gasteiger partial charge in [-0.15, -0.1) is 0 Å². The van der Waals surface area contributed by atoms with Gasteiger partial charge in [0.1, 0.15) is 0 Å². The van der Waals surface area contributed by atoms with Gasteiger partial charge < -0.3 is 0 Å². The van der Waals surface area contributed by atoms with E-state index < -0.39 is 0 Å². The Labute approximate surface area is 36.0 Å². The summed E-state index contributed by atoms with van der Waals surface area (Å²) >= 11 is 0. The topological polar surface area (TPSA) is 0 Å².